The number of nitrogens with zero attached hydrogens (tertiary/aromatic N) is 2. The summed E-state index contributed by atoms with van der Waals surface area (Å²) in [6.07, 6.45) is 1.13. The Bertz CT molecular complexity index is 1000. The molecule has 4 rings (SSSR count). The van der Waals surface area contributed by atoms with Crippen molar-refractivity contribution in [3.63, 3.8) is 0 Å². The van der Waals surface area contributed by atoms with Crippen LogP contribution in [0, 0.1) is 5.92 Å². The molecule has 0 saturated carbocycles. The molecule has 2 N–H and O–H groups in total. The van der Waals surface area contributed by atoms with Crippen LogP contribution in [0.4, 0.5) is 11.4 Å². The third kappa shape index (κ3) is 3.10. The fourth-order valence-corrected chi connectivity index (χ4v) is 4.25. The molecule has 2 aliphatic rings. The highest BCUT2D eigenvalue weighted by Crippen LogP contribution is 2.45. The summed E-state index contributed by atoms with van der Waals surface area (Å²) in [6, 6.07) is 13.1. The number of phenolic OH excluding ortho intramolecular Hbond substituents is 1. The van der Waals surface area contributed by atoms with Gasteiger partial charge in [-0.2, -0.15) is 0 Å². The predicted octanol–water partition coefficient (Wildman–Crippen LogP) is 3.36. The number of phenols is 1. The number of fused-ring (bicyclic) bond motifs is 3. The van der Waals surface area contributed by atoms with Crippen molar-refractivity contribution < 1.29 is 19.5 Å². The summed E-state index contributed by atoms with van der Waals surface area (Å²) in [5.41, 5.74) is -0.00670. The van der Waals surface area contributed by atoms with E-state index in [1.54, 1.807) is 41.3 Å². The fraction of sp³-hybridized carbons (Fsp3) is 0.348. The van der Waals surface area contributed by atoms with E-state index in [-0.39, 0.29) is 30.4 Å². The maximum Gasteiger partial charge on any atom is 0.271 e. The number of hydrogen-bond donors (Lipinski definition) is 2. The summed E-state index contributed by atoms with van der Waals surface area (Å²) in [4.78, 5) is 43.1. The maximum absolute atomic E-state index is 13.7. The number of carbonyl (C=O) groups excluding carboxylic acids is 3. The van der Waals surface area contributed by atoms with Gasteiger partial charge in [-0.05, 0) is 48.7 Å². The first-order valence-corrected chi connectivity index (χ1v) is 10.2. The van der Waals surface area contributed by atoms with Crippen molar-refractivity contribution in [2.75, 3.05) is 16.8 Å². The summed E-state index contributed by atoms with van der Waals surface area (Å²) >= 11 is 0. The number of carbonyl (C=O) groups is 3. The zero-order valence-corrected chi connectivity index (χ0v) is 17.1. The molecule has 0 radical (unpaired) electrons. The van der Waals surface area contributed by atoms with Crippen molar-refractivity contribution in [2.45, 2.75) is 38.8 Å². The molecular weight excluding hydrogens is 382 g/mol. The molecule has 0 aromatic heterocycles. The van der Waals surface area contributed by atoms with Crippen molar-refractivity contribution in [1.29, 1.82) is 0 Å². The minimum absolute atomic E-state index is 0.0872. The topological polar surface area (TPSA) is 90.0 Å². The van der Waals surface area contributed by atoms with Gasteiger partial charge in [0.15, 0.2) is 0 Å². The van der Waals surface area contributed by atoms with E-state index in [1.165, 1.54) is 17.0 Å². The maximum atomic E-state index is 13.7. The minimum Gasteiger partial charge on any atom is -0.508 e. The number of benzene rings is 2. The lowest BCUT2D eigenvalue weighted by Crippen LogP contribution is -2.69. The van der Waals surface area contributed by atoms with Gasteiger partial charge in [0, 0.05) is 25.1 Å². The van der Waals surface area contributed by atoms with E-state index in [4.69, 9.17) is 0 Å². The van der Waals surface area contributed by atoms with E-state index in [1.807, 2.05) is 0 Å². The SMILES string of the molecule is CC(C)CCN1C(=O)c2ccccc2N2C(=O)CC[C@]12C(=O)Nc1ccc(O)cc1. The average molecular weight is 407 g/mol. The van der Waals surface area contributed by atoms with Crippen LogP contribution in [0.3, 0.4) is 0 Å². The third-order valence-corrected chi connectivity index (χ3v) is 5.79. The van der Waals surface area contributed by atoms with Crippen molar-refractivity contribution in [3.8, 4) is 5.75 Å². The normalized spacial score (nSPS) is 20.4. The average Bonchev–Trinajstić information content (AvgIpc) is 3.08. The number of anilines is 2. The van der Waals surface area contributed by atoms with Crippen LogP contribution in [0.5, 0.6) is 5.75 Å². The fourth-order valence-electron chi connectivity index (χ4n) is 4.25. The third-order valence-electron chi connectivity index (χ3n) is 5.79. The number of amides is 3. The molecule has 7 nitrogen and oxygen atoms in total. The molecule has 0 aliphatic carbocycles. The van der Waals surface area contributed by atoms with E-state index >= 15 is 0 Å². The van der Waals surface area contributed by atoms with Crippen LogP contribution in [0.2, 0.25) is 0 Å². The predicted molar refractivity (Wildman–Crippen MR) is 113 cm³/mol. The second kappa shape index (κ2) is 7.48. The number of aromatic hydroxyl groups is 1. The first-order chi connectivity index (χ1) is 14.3. The Morgan fingerprint density at radius 3 is 2.53 bits per heavy atom. The Morgan fingerprint density at radius 1 is 1.13 bits per heavy atom. The molecule has 2 aromatic rings. The van der Waals surface area contributed by atoms with Gasteiger partial charge in [-0.25, -0.2) is 0 Å². The molecule has 1 saturated heterocycles. The van der Waals surface area contributed by atoms with Gasteiger partial charge in [-0.3, -0.25) is 19.3 Å². The first kappa shape index (κ1) is 19.9. The van der Waals surface area contributed by atoms with E-state index in [2.05, 4.69) is 19.2 Å². The molecule has 0 spiro atoms. The largest absolute Gasteiger partial charge is 0.508 e. The first-order valence-electron chi connectivity index (χ1n) is 10.2. The number of nitrogens with one attached hydrogen (secondary N) is 1. The number of rotatable bonds is 5. The summed E-state index contributed by atoms with van der Waals surface area (Å²) in [5, 5.41) is 12.4. The Labute approximate surface area is 175 Å². The molecule has 2 aliphatic heterocycles. The van der Waals surface area contributed by atoms with Gasteiger partial charge in [0.2, 0.25) is 11.6 Å². The van der Waals surface area contributed by atoms with Crippen LogP contribution in [-0.2, 0) is 9.59 Å². The Balaban J connectivity index is 1.81. The molecule has 7 heteroatoms. The van der Waals surface area contributed by atoms with E-state index < -0.39 is 11.6 Å². The molecule has 2 aromatic carbocycles. The second-order valence-corrected chi connectivity index (χ2v) is 8.20. The van der Waals surface area contributed by atoms with Gasteiger partial charge in [0.1, 0.15) is 5.75 Å². The highest BCUT2D eigenvalue weighted by Gasteiger charge is 2.60. The van der Waals surface area contributed by atoms with Crippen LogP contribution >= 0.6 is 0 Å². The zero-order chi connectivity index (χ0) is 21.5. The van der Waals surface area contributed by atoms with Crippen LogP contribution in [0.1, 0.15) is 43.5 Å². The summed E-state index contributed by atoms with van der Waals surface area (Å²) in [6.45, 7) is 4.49. The molecule has 3 amide bonds. The Hall–Kier alpha value is -3.35. The Kier molecular flexibility index (Phi) is 4.97. The second-order valence-electron chi connectivity index (χ2n) is 8.20. The quantitative estimate of drug-likeness (QED) is 0.744. The molecule has 2 heterocycles. The molecule has 30 heavy (non-hydrogen) atoms. The van der Waals surface area contributed by atoms with Gasteiger partial charge in [-0.1, -0.05) is 26.0 Å². The zero-order valence-electron chi connectivity index (χ0n) is 17.1. The highest BCUT2D eigenvalue weighted by molar-refractivity contribution is 6.18. The summed E-state index contributed by atoms with van der Waals surface area (Å²) in [5.74, 6) is -0.420. The lowest BCUT2D eigenvalue weighted by molar-refractivity contribution is -0.129. The van der Waals surface area contributed by atoms with Crippen LogP contribution in [0.25, 0.3) is 0 Å². The van der Waals surface area contributed by atoms with Crippen molar-refractivity contribution in [2.24, 2.45) is 5.92 Å². The Morgan fingerprint density at radius 2 is 1.83 bits per heavy atom. The molecule has 1 atom stereocenters. The van der Waals surface area contributed by atoms with Gasteiger partial charge in [0.25, 0.3) is 11.8 Å². The van der Waals surface area contributed by atoms with Gasteiger partial charge < -0.3 is 15.3 Å². The summed E-state index contributed by atoms with van der Waals surface area (Å²) < 4.78 is 0. The lowest BCUT2D eigenvalue weighted by atomic mass is 9.94. The highest BCUT2D eigenvalue weighted by atomic mass is 16.3. The monoisotopic (exact) mass is 407 g/mol. The smallest absolute Gasteiger partial charge is 0.271 e. The number of para-hydroxylation sites is 1. The van der Waals surface area contributed by atoms with Gasteiger partial charge in [-0.15, -0.1) is 0 Å². The van der Waals surface area contributed by atoms with Crippen molar-refractivity contribution in [3.05, 3.63) is 54.1 Å². The van der Waals surface area contributed by atoms with Crippen LogP contribution in [-0.4, -0.2) is 39.9 Å². The molecule has 156 valence electrons. The van der Waals surface area contributed by atoms with E-state index in [0.29, 0.717) is 35.8 Å². The molecule has 0 unspecified atom stereocenters. The summed E-state index contributed by atoms with van der Waals surface area (Å²) in [7, 11) is 0. The van der Waals surface area contributed by atoms with Gasteiger partial charge in [0.05, 0.1) is 11.3 Å². The van der Waals surface area contributed by atoms with Crippen LogP contribution in [0.15, 0.2) is 48.5 Å². The number of hydrogen-bond acceptors (Lipinski definition) is 4. The standard InChI is InChI=1S/C23H25N3O4/c1-15(2)12-14-25-21(29)18-5-3-4-6-19(18)26-20(28)11-13-23(25,26)22(30)24-16-7-9-17(27)10-8-16/h3-10,15,27H,11-14H2,1-2H3,(H,24,30)/t23-/m0/s1. The minimum atomic E-state index is -1.41. The van der Waals surface area contributed by atoms with Gasteiger partial charge >= 0.3 is 0 Å². The lowest BCUT2D eigenvalue weighted by Gasteiger charge is -2.49. The molecular formula is C23H25N3O4. The van der Waals surface area contributed by atoms with E-state index in [0.717, 1.165) is 0 Å². The van der Waals surface area contributed by atoms with Crippen molar-refractivity contribution >= 4 is 29.1 Å². The molecule has 0 bridgehead atoms. The van der Waals surface area contributed by atoms with E-state index in [9.17, 15) is 19.5 Å². The van der Waals surface area contributed by atoms with Crippen LogP contribution < -0.4 is 10.2 Å². The molecule has 1 fully saturated rings. The van der Waals surface area contributed by atoms with Crippen molar-refractivity contribution in [1.82, 2.24) is 4.90 Å².